The van der Waals surface area contributed by atoms with Crippen LogP contribution in [0.3, 0.4) is 0 Å². The molecule has 0 saturated carbocycles. The van der Waals surface area contributed by atoms with Crippen molar-refractivity contribution in [2.24, 2.45) is 5.92 Å². The quantitative estimate of drug-likeness (QED) is 0.499. The van der Waals surface area contributed by atoms with Gasteiger partial charge in [0.05, 0.1) is 0 Å². The van der Waals surface area contributed by atoms with Crippen LogP contribution in [0.4, 0.5) is 8.78 Å². The minimum atomic E-state index is -3.30. The zero-order valence-electron chi connectivity index (χ0n) is 14.1. The number of alkyl halides is 2. The van der Waals surface area contributed by atoms with Gasteiger partial charge in [0.2, 0.25) is 5.91 Å². The molecule has 1 aromatic rings. The van der Waals surface area contributed by atoms with Crippen molar-refractivity contribution in [2.75, 3.05) is 0 Å². The zero-order chi connectivity index (χ0) is 19.9. The Balaban J connectivity index is 3.00. The van der Waals surface area contributed by atoms with E-state index in [9.17, 15) is 33.1 Å². The molecule has 1 amide bonds. The highest BCUT2D eigenvalue weighted by atomic mass is 19.3. The van der Waals surface area contributed by atoms with E-state index in [1.807, 2.05) is 0 Å². The maximum Gasteiger partial charge on any atom is 0.326 e. The van der Waals surface area contributed by atoms with Crippen LogP contribution >= 0.6 is 0 Å². The van der Waals surface area contributed by atoms with Crippen LogP contribution in [-0.2, 0) is 30.3 Å². The van der Waals surface area contributed by atoms with Crippen LogP contribution in [0.5, 0.6) is 0 Å². The number of ether oxygens (including phenoxy) is 1. The van der Waals surface area contributed by atoms with E-state index in [1.54, 1.807) is 30.3 Å². The number of halogens is 2. The molecule has 0 aliphatic heterocycles. The molecule has 0 aliphatic rings. The monoisotopic (exact) mass is 371 g/mol. The van der Waals surface area contributed by atoms with Gasteiger partial charge < -0.3 is 15.2 Å². The van der Waals surface area contributed by atoms with Crippen LogP contribution in [0, 0.1) is 5.92 Å². The van der Waals surface area contributed by atoms with Gasteiger partial charge in [0.25, 0.3) is 6.43 Å². The summed E-state index contributed by atoms with van der Waals surface area (Å²) in [7, 11) is 0. The molecule has 2 unspecified atom stereocenters. The van der Waals surface area contributed by atoms with Crippen LogP contribution < -0.4 is 5.32 Å². The predicted octanol–water partition coefficient (Wildman–Crippen LogP) is 1.20. The number of nitrogens with one attached hydrogen (secondary N) is 1. The number of ketones is 1. The first-order chi connectivity index (χ1) is 12.1. The topological polar surface area (TPSA) is 110 Å². The van der Waals surface area contributed by atoms with E-state index < -0.39 is 48.1 Å². The second-order valence-corrected chi connectivity index (χ2v) is 5.59. The number of carbonyl (C=O) groups is 4. The Morgan fingerprint density at radius 2 is 1.69 bits per heavy atom. The third-order valence-corrected chi connectivity index (χ3v) is 3.50. The lowest BCUT2D eigenvalue weighted by Crippen LogP contribution is -2.51. The molecule has 0 bridgehead atoms. The van der Waals surface area contributed by atoms with Crippen molar-refractivity contribution >= 4 is 23.6 Å². The molecule has 0 saturated heterocycles. The molecular formula is C17H19F2NO6. The van der Waals surface area contributed by atoms with Crippen molar-refractivity contribution in [3.05, 3.63) is 35.9 Å². The largest absolute Gasteiger partial charge is 0.480 e. The molecule has 0 aromatic heterocycles. The maximum atomic E-state index is 13.1. The van der Waals surface area contributed by atoms with E-state index in [0.29, 0.717) is 5.56 Å². The van der Waals surface area contributed by atoms with E-state index in [0.717, 1.165) is 13.8 Å². The first-order valence-electron chi connectivity index (χ1n) is 7.66. The lowest BCUT2D eigenvalue weighted by molar-refractivity contribution is -0.165. The van der Waals surface area contributed by atoms with E-state index in [1.165, 1.54) is 0 Å². The fraction of sp³-hybridized carbons (Fsp3) is 0.412. The van der Waals surface area contributed by atoms with Crippen molar-refractivity contribution in [1.29, 1.82) is 0 Å². The second-order valence-electron chi connectivity index (χ2n) is 5.59. The fourth-order valence-corrected chi connectivity index (χ4v) is 2.33. The summed E-state index contributed by atoms with van der Waals surface area (Å²) in [6.07, 6.45) is -5.70. The molecule has 26 heavy (non-hydrogen) atoms. The number of carboxylic acids is 1. The van der Waals surface area contributed by atoms with E-state index in [4.69, 9.17) is 0 Å². The summed E-state index contributed by atoms with van der Waals surface area (Å²) in [4.78, 5) is 46.4. The zero-order valence-corrected chi connectivity index (χ0v) is 14.1. The fourth-order valence-electron chi connectivity index (χ4n) is 2.33. The number of carbonyl (C=O) groups excluding carboxylic acids is 3. The SMILES string of the molecule is CC(=O)OC(C(F)F)C(C(C)=O)C(=O)N[C@@H](Cc1ccccc1)C(=O)O. The number of esters is 1. The third kappa shape index (κ3) is 6.23. The maximum absolute atomic E-state index is 13.1. The molecule has 9 heteroatoms. The molecule has 0 spiro atoms. The van der Waals surface area contributed by atoms with Crippen LogP contribution in [-0.4, -0.2) is 47.3 Å². The van der Waals surface area contributed by atoms with Crippen LogP contribution in [0.1, 0.15) is 19.4 Å². The van der Waals surface area contributed by atoms with Crippen LogP contribution in [0.25, 0.3) is 0 Å². The van der Waals surface area contributed by atoms with Crippen molar-refractivity contribution in [1.82, 2.24) is 5.32 Å². The molecule has 2 N–H and O–H groups in total. The summed E-state index contributed by atoms with van der Waals surface area (Å²) in [5.74, 6) is -6.72. The Labute approximate surface area is 148 Å². The molecule has 3 atom stereocenters. The number of carboxylic acid groups (broad SMARTS) is 1. The number of amides is 1. The number of benzene rings is 1. The summed E-state index contributed by atoms with van der Waals surface area (Å²) in [5.41, 5.74) is 0.588. The van der Waals surface area contributed by atoms with Gasteiger partial charge in [-0.25, -0.2) is 13.6 Å². The van der Waals surface area contributed by atoms with Gasteiger partial charge >= 0.3 is 11.9 Å². The summed E-state index contributed by atoms with van der Waals surface area (Å²) < 4.78 is 30.7. The molecule has 7 nitrogen and oxygen atoms in total. The van der Waals surface area contributed by atoms with Crippen LogP contribution in [0.2, 0.25) is 0 Å². The van der Waals surface area contributed by atoms with Gasteiger partial charge in [-0.3, -0.25) is 14.4 Å². The van der Waals surface area contributed by atoms with Crippen molar-refractivity contribution < 1.29 is 37.8 Å². The number of aliphatic carboxylic acids is 1. The van der Waals surface area contributed by atoms with Crippen molar-refractivity contribution in [3.8, 4) is 0 Å². The Morgan fingerprint density at radius 1 is 1.12 bits per heavy atom. The van der Waals surface area contributed by atoms with Gasteiger partial charge in [-0.15, -0.1) is 0 Å². The van der Waals surface area contributed by atoms with Gasteiger partial charge in [0.1, 0.15) is 17.7 Å². The Hall–Kier alpha value is -2.84. The van der Waals surface area contributed by atoms with E-state index >= 15 is 0 Å². The predicted molar refractivity (Wildman–Crippen MR) is 85.4 cm³/mol. The highest BCUT2D eigenvalue weighted by Crippen LogP contribution is 2.19. The summed E-state index contributed by atoms with van der Waals surface area (Å²) in [5, 5.41) is 11.3. The summed E-state index contributed by atoms with van der Waals surface area (Å²) in [6.45, 7) is 1.75. The van der Waals surface area contributed by atoms with Crippen molar-refractivity contribution in [3.63, 3.8) is 0 Å². The minimum Gasteiger partial charge on any atom is -0.480 e. The lowest BCUT2D eigenvalue weighted by Gasteiger charge is -2.25. The molecule has 142 valence electrons. The highest BCUT2D eigenvalue weighted by molar-refractivity contribution is 6.02. The first-order valence-corrected chi connectivity index (χ1v) is 7.66. The van der Waals surface area contributed by atoms with Crippen molar-refractivity contribution in [2.45, 2.75) is 38.8 Å². The summed E-state index contributed by atoms with van der Waals surface area (Å²) >= 11 is 0. The number of rotatable bonds is 9. The Kier molecular flexibility index (Phi) is 7.82. The average molecular weight is 371 g/mol. The molecule has 0 heterocycles. The normalized spacial score (nSPS) is 14.2. The Bertz CT molecular complexity index is 664. The molecule has 1 aromatic carbocycles. The van der Waals surface area contributed by atoms with Gasteiger partial charge in [-0.1, -0.05) is 30.3 Å². The van der Waals surface area contributed by atoms with Crippen LogP contribution in [0.15, 0.2) is 30.3 Å². The van der Waals surface area contributed by atoms with Gasteiger partial charge in [-0.2, -0.15) is 0 Å². The third-order valence-electron chi connectivity index (χ3n) is 3.50. The molecule has 0 fully saturated rings. The number of Topliss-reactive ketones (excluding diaryl/α,β-unsaturated/α-hetero) is 1. The van der Waals surface area contributed by atoms with E-state index in [-0.39, 0.29) is 6.42 Å². The molecule has 0 radical (unpaired) electrons. The highest BCUT2D eigenvalue weighted by Gasteiger charge is 2.42. The Morgan fingerprint density at radius 3 is 2.12 bits per heavy atom. The lowest BCUT2D eigenvalue weighted by atomic mass is 9.96. The number of hydrogen-bond donors (Lipinski definition) is 2. The second kappa shape index (κ2) is 9.59. The first kappa shape index (κ1) is 21.2. The molecule has 1 rings (SSSR count). The van der Waals surface area contributed by atoms with Gasteiger partial charge in [0, 0.05) is 13.3 Å². The molecular weight excluding hydrogens is 352 g/mol. The average Bonchev–Trinajstić information content (AvgIpc) is 2.53. The smallest absolute Gasteiger partial charge is 0.326 e. The van der Waals surface area contributed by atoms with Gasteiger partial charge in [-0.05, 0) is 12.5 Å². The van der Waals surface area contributed by atoms with Gasteiger partial charge in [0.15, 0.2) is 6.10 Å². The molecule has 0 aliphatic carbocycles. The number of hydrogen-bond acceptors (Lipinski definition) is 5. The van der Waals surface area contributed by atoms with E-state index in [2.05, 4.69) is 10.1 Å². The standard InChI is InChI=1S/C17H19F2NO6/c1-9(21)13(14(15(18)19)26-10(2)22)16(23)20-12(17(24)25)8-11-6-4-3-5-7-11/h3-7,12-15H,8H2,1-2H3,(H,20,23)(H,24,25)/t12-,13?,14?/m0/s1. The summed E-state index contributed by atoms with van der Waals surface area (Å²) in [6, 6.07) is 6.87. The minimum absolute atomic E-state index is 0.112.